The van der Waals surface area contributed by atoms with Crippen LogP contribution in [0.5, 0.6) is 0 Å². The molecule has 1 aliphatic heterocycles. The van der Waals surface area contributed by atoms with Gasteiger partial charge in [0.05, 0.1) is 11.4 Å². The number of hydrogen-bond donors (Lipinski definition) is 3. The molecule has 1 atom stereocenters. The Morgan fingerprint density at radius 1 is 1.00 bits per heavy atom. The lowest BCUT2D eigenvalue weighted by Gasteiger charge is -2.13. The summed E-state index contributed by atoms with van der Waals surface area (Å²) in [5.41, 5.74) is 3.49. The summed E-state index contributed by atoms with van der Waals surface area (Å²) in [6.07, 6.45) is 5.24. The van der Waals surface area contributed by atoms with Crippen LogP contribution in [0.4, 0.5) is 10.1 Å². The van der Waals surface area contributed by atoms with Crippen molar-refractivity contribution in [3.05, 3.63) is 114 Å². The topological polar surface area (TPSA) is 129 Å². The number of benzodiazepines with no additional fused rings is 1. The molecule has 194 valence electrons. The molecule has 0 saturated heterocycles. The lowest BCUT2D eigenvalue weighted by molar-refractivity contribution is -0.117. The van der Waals surface area contributed by atoms with Crippen molar-refractivity contribution < 1.29 is 14.0 Å². The number of pyridine rings is 1. The summed E-state index contributed by atoms with van der Waals surface area (Å²) in [4.78, 5) is 43.6. The first-order chi connectivity index (χ1) is 19.6. The summed E-state index contributed by atoms with van der Waals surface area (Å²) < 4.78 is 16.3. The summed E-state index contributed by atoms with van der Waals surface area (Å²) in [6.45, 7) is 0. The van der Waals surface area contributed by atoms with Crippen molar-refractivity contribution in [2.75, 3.05) is 5.32 Å². The van der Waals surface area contributed by atoms with Gasteiger partial charge < -0.3 is 15.6 Å². The minimum Gasteiger partial charge on any atom is -0.346 e. The van der Waals surface area contributed by atoms with Gasteiger partial charge in [-0.25, -0.2) is 23.9 Å². The van der Waals surface area contributed by atoms with Crippen LogP contribution in [0, 0.1) is 5.82 Å². The Labute approximate surface area is 225 Å². The van der Waals surface area contributed by atoms with Gasteiger partial charge in [-0.05, 0) is 24.3 Å². The number of anilines is 1. The molecular weight excluding hydrogens is 511 g/mol. The van der Waals surface area contributed by atoms with Crippen molar-refractivity contribution in [2.45, 2.75) is 6.17 Å². The summed E-state index contributed by atoms with van der Waals surface area (Å²) in [7, 11) is 0. The van der Waals surface area contributed by atoms with E-state index < -0.39 is 23.8 Å². The van der Waals surface area contributed by atoms with Crippen molar-refractivity contribution in [1.29, 1.82) is 0 Å². The summed E-state index contributed by atoms with van der Waals surface area (Å²) in [6, 6.07) is 19.0. The third kappa shape index (κ3) is 3.88. The Morgan fingerprint density at radius 2 is 1.88 bits per heavy atom. The third-order valence-corrected chi connectivity index (χ3v) is 6.63. The molecule has 0 radical (unpaired) electrons. The number of benzene rings is 2. The summed E-state index contributed by atoms with van der Waals surface area (Å²) in [5.74, 6) is -1.92. The minimum atomic E-state index is -1.37. The SMILES string of the molecule is O=C(N[C@H]1N=C(c2ccccc2)c2cccc(F)c2NC1=O)c1c(-c2cnc3[nH]ccc3c2)nn2cccnc12. The number of aromatic amines is 1. The fourth-order valence-corrected chi connectivity index (χ4v) is 4.78. The molecule has 0 unspecified atom stereocenters. The van der Waals surface area contributed by atoms with Gasteiger partial charge in [0.15, 0.2) is 5.65 Å². The van der Waals surface area contributed by atoms with Crippen molar-refractivity contribution >= 4 is 39.9 Å². The number of H-pyrrole nitrogens is 1. The second kappa shape index (κ2) is 9.24. The van der Waals surface area contributed by atoms with Crippen molar-refractivity contribution in [2.24, 2.45) is 4.99 Å². The molecule has 11 heteroatoms. The van der Waals surface area contributed by atoms with E-state index in [-0.39, 0.29) is 11.3 Å². The summed E-state index contributed by atoms with van der Waals surface area (Å²) >= 11 is 0. The number of rotatable bonds is 4. The number of carbonyl (C=O) groups excluding carboxylic acids is 2. The molecule has 0 saturated carbocycles. The van der Waals surface area contributed by atoms with Gasteiger partial charge in [0.2, 0.25) is 6.17 Å². The van der Waals surface area contributed by atoms with Gasteiger partial charge in [0, 0.05) is 46.9 Å². The summed E-state index contributed by atoms with van der Waals surface area (Å²) in [5, 5.41) is 10.7. The maximum absolute atomic E-state index is 14.8. The zero-order chi connectivity index (χ0) is 27.2. The van der Waals surface area contributed by atoms with Crippen LogP contribution in [0.2, 0.25) is 0 Å². The Hall–Kier alpha value is -5.71. The largest absolute Gasteiger partial charge is 0.346 e. The van der Waals surface area contributed by atoms with E-state index in [4.69, 9.17) is 0 Å². The van der Waals surface area contributed by atoms with Crippen LogP contribution in [-0.4, -0.2) is 48.3 Å². The van der Waals surface area contributed by atoms with Crippen LogP contribution in [-0.2, 0) is 4.79 Å². The molecule has 3 N–H and O–H groups in total. The Kier molecular flexibility index (Phi) is 5.41. The highest BCUT2D eigenvalue weighted by molar-refractivity contribution is 6.20. The molecule has 5 heterocycles. The number of aromatic nitrogens is 5. The predicted molar refractivity (Wildman–Crippen MR) is 146 cm³/mol. The first kappa shape index (κ1) is 23.4. The van der Waals surface area contributed by atoms with E-state index in [1.54, 1.807) is 55.1 Å². The number of aliphatic imine (C=N–C) groups is 1. The Balaban J connectivity index is 1.33. The molecular formula is C29H19FN8O2. The molecule has 10 nitrogen and oxygen atoms in total. The molecule has 2 aromatic carbocycles. The fraction of sp³-hybridized carbons (Fsp3) is 0.0345. The lowest BCUT2D eigenvalue weighted by Crippen LogP contribution is -2.42. The smallest absolute Gasteiger partial charge is 0.269 e. The maximum atomic E-state index is 14.8. The highest BCUT2D eigenvalue weighted by atomic mass is 19.1. The second-order valence-corrected chi connectivity index (χ2v) is 9.12. The highest BCUT2D eigenvalue weighted by Gasteiger charge is 2.31. The standard InChI is InChI=1S/C29H19FN8O2/c30-20-9-4-8-19-22(16-6-2-1-3-7-16)34-26(29(40)35-24(19)20)36-28(39)21-23(37-38-13-5-11-32-27(21)38)18-14-17-10-12-31-25(17)33-15-18/h1-15,26H,(H,31,33)(H,35,40)(H,36,39)/t26-/m1/s1. The average molecular weight is 531 g/mol. The molecule has 0 spiro atoms. The molecule has 6 aromatic rings. The Bertz CT molecular complexity index is 1980. The zero-order valence-electron chi connectivity index (χ0n) is 20.7. The van der Waals surface area contributed by atoms with Gasteiger partial charge in [-0.1, -0.05) is 42.5 Å². The molecule has 0 fully saturated rings. The van der Waals surface area contributed by atoms with Crippen molar-refractivity contribution in [3.8, 4) is 11.3 Å². The van der Waals surface area contributed by atoms with E-state index in [1.807, 2.05) is 30.3 Å². The van der Waals surface area contributed by atoms with Crippen LogP contribution in [0.15, 0.2) is 96.5 Å². The molecule has 40 heavy (non-hydrogen) atoms. The minimum absolute atomic E-state index is 0.00364. The van der Waals surface area contributed by atoms with E-state index in [2.05, 4.69) is 35.7 Å². The molecule has 1 aliphatic rings. The van der Waals surface area contributed by atoms with E-state index >= 15 is 0 Å². The maximum Gasteiger partial charge on any atom is 0.269 e. The number of carbonyl (C=O) groups is 2. The number of hydrogen-bond acceptors (Lipinski definition) is 6. The van der Waals surface area contributed by atoms with E-state index in [9.17, 15) is 14.0 Å². The van der Waals surface area contributed by atoms with Crippen LogP contribution in [0.25, 0.3) is 27.9 Å². The first-order valence-electron chi connectivity index (χ1n) is 12.4. The molecule has 7 rings (SSSR count). The zero-order valence-corrected chi connectivity index (χ0v) is 20.7. The van der Waals surface area contributed by atoms with Crippen LogP contribution >= 0.6 is 0 Å². The van der Waals surface area contributed by atoms with Gasteiger partial charge >= 0.3 is 0 Å². The van der Waals surface area contributed by atoms with Crippen LogP contribution in [0.1, 0.15) is 21.5 Å². The normalized spacial score (nSPS) is 14.9. The van der Waals surface area contributed by atoms with Crippen molar-refractivity contribution in [1.82, 2.24) is 29.9 Å². The quantitative estimate of drug-likeness (QED) is 0.318. The number of nitrogens with zero attached hydrogens (tertiary/aromatic N) is 5. The Morgan fingerprint density at radius 3 is 2.75 bits per heavy atom. The van der Waals surface area contributed by atoms with Gasteiger partial charge in [-0.2, -0.15) is 5.10 Å². The van der Waals surface area contributed by atoms with E-state index in [0.29, 0.717) is 39.4 Å². The first-order valence-corrected chi connectivity index (χ1v) is 12.4. The monoisotopic (exact) mass is 530 g/mol. The van der Waals surface area contributed by atoms with Crippen molar-refractivity contribution in [3.63, 3.8) is 0 Å². The van der Waals surface area contributed by atoms with Gasteiger partial charge in [0.1, 0.15) is 22.7 Å². The third-order valence-electron chi connectivity index (χ3n) is 6.63. The van der Waals surface area contributed by atoms with Gasteiger partial charge in [-0.15, -0.1) is 0 Å². The second-order valence-electron chi connectivity index (χ2n) is 9.12. The number of fused-ring (bicyclic) bond motifs is 3. The van der Waals surface area contributed by atoms with Crippen LogP contribution < -0.4 is 10.6 Å². The number of amides is 2. The van der Waals surface area contributed by atoms with Gasteiger partial charge in [-0.3, -0.25) is 9.59 Å². The average Bonchev–Trinajstić information content (AvgIpc) is 3.58. The fourth-order valence-electron chi connectivity index (χ4n) is 4.78. The molecule has 0 bridgehead atoms. The highest BCUT2D eigenvalue weighted by Crippen LogP contribution is 2.29. The molecule has 2 amide bonds. The van der Waals surface area contributed by atoms with E-state index in [0.717, 1.165) is 5.39 Å². The predicted octanol–water partition coefficient (Wildman–Crippen LogP) is 3.96. The van der Waals surface area contributed by atoms with E-state index in [1.165, 1.54) is 10.6 Å². The molecule has 0 aliphatic carbocycles. The number of nitrogens with one attached hydrogen (secondary N) is 3. The lowest BCUT2D eigenvalue weighted by atomic mass is 10.0. The van der Waals surface area contributed by atoms with Gasteiger partial charge in [0.25, 0.3) is 11.8 Å². The molecule has 4 aromatic heterocycles. The van der Waals surface area contributed by atoms with Crippen LogP contribution in [0.3, 0.4) is 0 Å². The number of halogens is 1. The number of para-hydroxylation sites is 1.